The van der Waals surface area contributed by atoms with Crippen LogP contribution in [0.2, 0.25) is 0 Å². The molecule has 1 fully saturated rings. The van der Waals surface area contributed by atoms with Gasteiger partial charge in [0.25, 0.3) is 5.56 Å². The van der Waals surface area contributed by atoms with Gasteiger partial charge in [-0.1, -0.05) is 0 Å². The number of pyridine rings is 1. The fourth-order valence-corrected chi connectivity index (χ4v) is 3.36. The Balaban J connectivity index is 1.72. The van der Waals surface area contributed by atoms with Crippen LogP contribution in [0.1, 0.15) is 19.8 Å². The van der Waals surface area contributed by atoms with Crippen LogP contribution in [0.25, 0.3) is 22.3 Å². The van der Waals surface area contributed by atoms with Crippen LogP contribution in [0.5, 0.6) is 5.75 Å². The Kier molecular flexibility index (Phi) is 4.20. The van der Waals surface area contributed by atoms with Gasteiger partial charge >= 0.3 is 0 Å². The van der Waals surface area contributed by atoms with Crippen molar-refractivity contribution in [2.45, 2.75) is 32.4 Å². The van der Waals surface area contributed by atoms with Crippen LogP contribution >= 0.6 is 0 Å². The Labute approximate surface area is 150 Å². The number of hydrogen-bond donors (Lipinski definition) is 2. The molecule has 0 spiro atoms. The molecular formula is C19H20N4O3. The highest BCUT2D eigenvalue weighted by molar-refractivity contribution is 5.83. The van der Waals surface area contributed by atoms with Crippen LogP contribution in [0, 0.1) is 0 Å². The van der Waals surface area contributed by atoms with Crippen LogP contribution < -0.4 is 15.6 Å². The smallest absolute Gasteiger partial charge is 0.259 e. The molecule has 3 aromatic rings. The lowest BCUT2D eigenvalue weighted by atomic mass is 10.1. The van der Waals surface area contributed by atoms with Gasteiger partial charge in [-0.15, -0.1) is 0 Å². The lowest BCUT2D eigenvalue weighted by Gasteiger charge is -2.13. The zero-order chi connectivity index (χ0) is 18.1. The van der Waals surface area contributed by atoms with Crippen molar-refractivity contribution in [2.24, 2.45) is 0 Å². The maximum atomic E-state index is 12.6. The third-order valence-electron chi connectivity index (χ3n) is 4.59. The third kappa shape index (κ3) is 3.08. The highest BCUT2D eigenvalue weighted by atomic mass is 16.5. The van der Waals surface area contributed by atoms with Crippen molar-refractivity contribution in [2.75, 3.05) is 6.61 Å². The average molecular weight is 352 g/mol. The molecule has 1 atom stereocenters. The van der Waals surface area contributed by atoms with Crippen LogP contribution in [0.15, 0.2) is 41.5 Å². The summed E-state index contributed by atoms with van der Waals surface area (Å²) in [5, 5.41) is 3.83. The van der Waals surface area contributed by atoms with E-state index in [4.69, 9.17) is 4.74 Å². The number of nitrogens with zero attached hydrogens (tertiary/aromatic N) is 2. The standard InChI is InChI=1S/C19H20N4O3/c1-2-26-14-4-5-16-12(9-14)10-15(19(25)22-16)18-20-7-8-23(18)11-13-3-6-17(24)21-13/h4-5,7-10,13H,2-3,6,11H2,1H3,(H,21,24)(H,22,25). The van der Waals surface area contributed by atoms with E-state index >= 15 is 0 Å². The van der Waals surface area contributed by atoms with Gasteiger partial charge in [0.15, 0.2) is 0 Å². The van der Waals surface area contributed by atoms with Gasteiger partial charge in [0, 0.05) is 42.3 Å². The lowest BCUT2D eigenvalue weighted by Crippen LogP contribution is -2.29. The summed E-state index contributed by atoms with van der Waals surface area (Å²) in [6.45, 7) is 3.11. The van der Waals surface area contributed by atoms with E-state index in [1.807, 2.05) is 42.0 Å². The molecule has 1 amide bonds. The van der Waals surface area contributed by atoms with E-state index in [0.717, 1.165) is 23.1 Å². The topological polar surface area (TPSA) is 89.0 Å². The molecule has 0 radical (unpaired) electrons. The molecule has 26 heavy (non-hydrogen) atoms. The number of benzene rings is 1. The number of ether oxygens (including phenoxy) is 1. The van der Waals surface area contributed by atoms with Gasteiger partial charge < -0.3 is 19.6 Å². The fraction of sp³-hybridized carbons (Fsp3) is 0.316. The molecule has 0 aliphatic carbocycles. The van der Waals surface area contributed by atoms with Crippen molar-refractivity contribution in [3.05, 3.63) is 47.0 Å². The summed E-state index contributed by atoms with van der Waals surface area (Å²) in [5.41, 5.74) is 1.06. The molecule has 3 heterocycles. The van der Waals surface area contributed by atoms with Crippen molar-refractivity contribution >= 4 is 16.8 Å². The van der Waals surface area contributed by atoms with E-state index in [1.54, 1.807) is 6.20 Å². The summed E-state index contributed by atoms with van der Waals surface area (Å²) < 4.78 is 7.46. The zero-order valence-corrected chi connectivity index (χ0v) is 14.5. The maximum absolute atomic E-state index is 12.6. The number of fused-ring (bicyclic) bond motifs is 1. The predicted octanol–water partition coefficient (Wildman–Crippen LogP) is 2.07. The number of imidazole rings is 1. The van der Waals surface area contributed by atoms with Crippen molar-refractivity contribution in [1.82, 2.24) is 19.9 Å². The molecule has 1 saturated heterocycles. The van der Waals surface area contributed by atoms with Gasteiger partial charge in [0.2, 0.25) is 5.91 Å². The first-order chi connectivity index (χ1) is 12.6. The second-order valence-electron chi connectivity index (χ2n) is 6.40. The van der Waals surface area contributed by atoms with E-state index < -0.39 is 0 Å². The summed E-state index contributed by atoms with van der Waals surface area (Å²) in [4.78, 5) is 31.3. The minimum absolute atomic E-state index is 0.0690. The number of rotatable bonds is 5. The van der Waals surface area contributed by atoms with Crippen LogP contribution in [-0.4, -0.2) is 33.1 Å². The van der Waals surface area contributed by atoms with Crippen LogP contribution in [0.3, 0.4) is 0 Å². The Bertz CT molecular complexity index is 1020. The van der Waals surface area contributed by atoms with Crippen LogP contribution in [-0.2, 0) is 11.3 Å². The number of aromatic nitrogens is 3. The van der Waals surface area contributed by atoms with Gasteiger partial charge in [0.1, 0.15) is 11.6 Å². The van der Waals surface area contributed by atoms with Gasteiger partial charge in [-0.05, 0) is 37.6 Å². The Morgan fingerprint density at radius 2 is 2.19 bits per heavy atom. The van der Waals surface area contributed by atoms with Gasteiger partial charge in [-0.25, -0.2) is 4.98 Å². The first-order valence-corrected chi connectivity index (χ1v) is 8.75. The normalized spacial score (nSPS) is 16.8. The lowest BCUT2D eigenvalue weighted by molar-refractivity contribution is -0.119. The fourth-order valence-electron chi connectivity index (χ4n) is 3.36. The first kappa shape index (κ1) is 16.4. The summed E-state index contributed by atoms with van der Waals surface area (Å²) in [5.74, 6) is 1.43. The summed E-state index contributed by atoms with van der Waals surface area (Å²) >= 11 is 0. The predicted molar refractivity (Wildman–Crippen MR) is 98.1 cm³/mol. The molecular weight excluding hydrogens is 332 g/mol. The van der Waals surface area contributed by atoms with Gasteiger partial charge in [-0.3, -0.25) is 9.59 Å². The molecule has 4 rings (SSSR count). The molecule has 134 valence electrons. The van der Waals surface area contributed by atoms with Crippen molar-refractivity contribution in [3.8, 4) is 17.1 Å². The largest absolute Gasteiger partial charge is 0.494 e. The average Bonchev–Trinajstić information content (AvgIpc) is 3.24. The number of carbonyl (C=O) groups is 1. The van der Waals surface area contributed by atoms with Crippen molar-refractivity contribution < 1.29 is 9.53 Å². The number of H-pyrrole nitrogens is 1. The molecule has 2 aromatic heterocycles. The second kappa shape index (κ2) is 6.67. The number of carbonyl (C=O) groups excluding carboxylic acids is 1. The monoisotopic (exact) mass is 352 g/mol. The summed E-state index contributed by atoms with van der Waals surface area (Å²) in [7, 11) is 0. The molecule has 1 aliphatic heterocycles. The Hall–Kier alpha value is -3.09. The van der Waals surface area contributed by atoms with Crippen molar-refractivity contribution in [1.29, 1.82) is 0 Å². The summed E-state index contributed by atoms with van der Waals surface area (Å²) in [6.07, 6.45) is 4.85. The molecule has 7 heteroatoms. The Morgan fingerprint density at radius 3 is 2.96 bits per heavy atom. The van der Waals surface area contributed by atoms with Gasteiger partial charge in [-0.2, -0.15) is 0 Å². The Morgan fingerprint density at radius 1 is 1.31 bits per heavy atom. The number of aromatic amines is 1. The molecule has 1 aliphatic rings. The van der Waals surface area contributed by atoms with Crippen LogP contribution in [0.4, 0.5) is 0 Å². The molecule has 2 N–H and O–H groups in total. The van der Waals surface area contributed by atoms with Crippen molar-refractivity contribution in [3.63, 3.8) is 0 Å². The van der Waals surface area contributed by atoms with E-state index in [9.17, 15) is 9.59 Å². The zero-order valence-electron chi connectivity index (χ0n) is 14.5. The molecule has 7 nitrogen and oxygen atoms in total. The number of amides is 1. The van der Waals surface area contributed by atoms with E-state index in [1.165, 1.54) is 0 Å². The first-order valence-electron chi connectivity index (χ1n) is 8.75. The van der Waals surface area contributed by atoms with Gasteiger partial charge in [0.05, 0.1) is 12.2 Å². The van der Waals surface area contributed by atoms with E-state index in [0.29, 0.717) is 31.0 Å². The second-order valence-corrected chi connectivity index (χ2v) is 6.40. The minimum atomic E-state index is -0.190. The highest BCUT2D eigenvalue weighted by Gasteiger charge is 2.22. The quantitative estimate of drug-likeness (QED) is 0.736. The number of nitrogens with one attached hydrogen (secondary N) is 2. The summed E-state index contributed by atoms with van der Waals surface area (Å²) in [6, 6.07) is 7.49. The molecule has 0 bridgehead atoms. The maximum Gasteiger partial charge on any atom is 0.259 e. The molecule has 1 aromatic carbocycles. The SMILES string of the molecule is CCOc1ccc2[nH]c(=O)c(-c3nccn3CC3CCC(=O)N3)cc2c1. The molecule has 1 unspecified atom stereocenters. The number of hydrogen-bond acceptors (Lipinski definition) is 4. The van der Waals surface area contributed by atoms with E-state index in [-0.39, 0.29) is 17.5 Å². The molecule has 0 saturated carbocycles. The van der Waals surface area contributed by atoms with E-state index in [2.05, 4.69) is 15.3 Å². The third-order valence-corrected chi connectivity index (χ3v) is 4.59. The highest BCUT2D eigenvalue weighted by Crippen LogP contribution is 2.23. The minimum Gasteiger partial charge on any atom is -0.494 e.